The van der Waals surface area contributed by atoms with Gasteiger partial charge in [0, 0.05) is 0 Å². The first-order chi connectivity index (χ1) is 10.1. The van der Waals surface area contributed by atoms with Crippen LogP contribution >= 0.6 is 0 Å². The van der Waals surface area contributed by atoms with Crippen molar-refractivity contribution in [2.75, 3.05) is 0 Å². The van der Waals surface area contributed by atoms with Crippen molar-refractivity contribution in [3.8, 4) is 0 Å². The summed E-state index contributed by atoms with van der Waals surface area (Å²) in [5.74, 6) is 0. The van der Waals surface area contributed by atoms with Crippen LogP contribution in [0.1, 0.15) is 32.1 Å². The van der Waals surface area contributed by atoms with Gasteiger partial charge in [0.15, 0.2) is 0 Å². The van der Waals surface area contributed by atoms with Gasteiger partial charge in [0.25, 0.3) is 0 Å². The average molecular weight is 303 g/mol. The molecular formula is C16H25N3OSi. The number of ether oxygens (including phenoxy) is 1. The molecule has 0 aliphatic heterocycles. The molecular weight excluding hydrogens is 278 g/mol. The minimum absolute atomic E-state index is 0.401. The molecule has 0 amide bonds. The molecule has 0 bridgehead atoms. The fraction of sp³-hybridized carbons (Fsp3) is 0.625. The number of hydrogen-bond donors (Lipinski definition) is 0. The van der Waals surface area contributed by atoms with Gasteiger partial charge in [0.2, 0.25) is 0 Å². The molecule has 2 aromatic rings. The Hall–Kier alpha value is -1.20. The van der Waals surface area contributed by atoms with E-state index >= 15 is 0 Å². The van der Waals surface area contributed by atoms with Crippen LogP contribution in [0.4, 0.5) is 0 Å². The van der Waals surface area contributed by atoms with E-state index in [0.717, 1.165) is 11.0 Å². The minimum Gasteiger partial charge on any atom is -0.356 e. The van der Waals surface area contributed by atoms with E-state index in [9.17, 15) is 0 Å². The van der Waals surface area contributed by atoms with Crippen LogP contribution < -0.4 is 5.19 Å². The molecule has 1 fully saturated rings. The molecule has 4 nitrogen and oxygen atoms in total. The highest BCUT2D eigenvalue weighted by atomic mass is 28.3. The monoisotopic (exact) mass is 303 g/mol. The van der Waals surface area contributed by atoms with Crippen LogP contribution in [0, 0.1) is 0 Å². The fourth-order valence-corrected chi connectivity index (χ4v) is 4.58. The quantitative estimate of drug-likeness (QED) is 0.814. The van der Waals surface area contributed by atoms with Crippen molar-refractivity contribution in [2.45, 2.75) is 64.6 Å². The number of benzene rings is 1. The molecule has 0 unspecified atom stereocenters. The molecule has 1 aromatic heterocycles. The second kappa shape index (κ2) is 5.89. The third kappa shape index (κ3) is 3.19. The van der Waals surface area contributed by atoms with Crippen LogP contribution in [0.3, 0.4) is 0 Å². The molecule has 1 saturated carbocycles. The van der Waals surface area contributed by atoms with E-state index in [2.05, 4.69) is 48.2 Å². The van der Waals surface area contributed by atoms with Crippen molar-refractivity contribution in [3.63, 3.8) is 0 Å². The van der Waals surface area contributed by atoms with Crippen LogP contribution in [0.5, 0.6) is 0 Å². The lowest BCUT2D eigenvalue weighted by Crippen LogP contribution is -2.38. The van der Waals surface area contributed by atoms with E-state index in [1.807, 2.05) is 4.68 Å². The second-order valence-corrected chi connectivity index (χ2v) is 12.1. The fourth-order valence-electron chi connectivity index (χ4n) is 3.10. The van der Waals surface area contributed by atoms with Gasteiger partial charge in [-0.3, -0.25) is 0 Å². The van der Waals surface area contributed by atoms with E-state index in [1.54, 1.807) is 0 Å². The van der Waals surface area contributed by atoms with Crippen LogP contribution in [-0.4, -0.2) is 29.2 Å². The molecule has 0 N–H and O–H groups in total. The van der Waals surface area contributed by atoms with Gasteiger partial charge >= 0.3 is 0 Å². The maximum absolute atomic E-state index is 6.03. The number of hydrogen-bond acceptors (Lipinski definition) is 3. The average Bonchev–Trinajstić information content (AvgIpc) is 2.88. The lowest BCUT2D eigenvalue weighted by atomic mass is 9.98. The summed E-state index contributed by atoms with van der Waals surface area (Å²) in [6.07, 6.45) is 6.72. The molecule has 3 rings (SSSR count). The lowest BCUT2D eigenvalue weighted by Gasteiger charge is -2.21. The van der Waals surface area contributed by atoms with Crippen LogP contribution in [0.2, 0.25) is 19.6 Å². The van der Waals surface area contributed by atoms with Crippen molar-refractivity contribution in [1.29, 1.82) is 0 Å². The van der Waals surface area contributed by atoms with Crippen LogP contribution in [0.25, 0.3) is 11.0 Å². The van der Waals surface area contributed by atoms with Crippen molar-refractivity contribution >= 4 is 24.3 Å². The first-order valence-electron chi connectivity index (χ1n) is 8.00. The predicted molar refractivity (Wildman–Crippen MR) is 88.5 cm³/mol. The number of aromatic nitrogens is 3. The Bertz CT molecular complexity index is 611. The molecule has 0 radical (unpaired) electrons. The van der Waals surface area contributed by atoms with E-state index in [0.29, 0.717) is 12.8 Å². The van der Waals surface area contributed by atoms with Gasteiger partial charge < -0.3 is 4.74 Å². The van der Waals surface area contributed by atoms with E-state index in [4.69, 9.17) is 4.74 Å². The summed E-state index contributed by atoms with van der Waals surface area (Å²) < 4.78 is 7.94. The number of nitrogens with zero attached hydrogens (tertiary/aromatic N) is 3. The molecule has 1 aliphatic carbocycles. The van der Waals surface area contributed by atoms with Gasteiger partial charge in [-0.1, -0.05) is 56.2 Å². The van der Waals surface area contributed by atoms with Gasteiger partial charge in [0.1, 0.15) is 12.2 Å². The summed E-state index contributed by atoms with van der Waals surface area (Å²) in [5, 5.41) is 10.1. The topological polar surface area (TPSA) is 39.9 Å². The molecule has 0 spiro atoms. The molecule has 1 aromatic carbocycles. The van der Waals surface area contributed by atoms with Crippen molar-refractivity contribution in [1.82, 2.24) is 15.0 Å². The van der Waals surface area contributed by atoms with Gasteiger partial charge in [-0.05, 0) is 24.1 Å². The molecule has 114 valence electrons. The number of rotatable bonds is 4. The van der Waals surface area contributed by atoms with E-state index < -0.39 is 8.07 Å². The Kier molecular flexibility index (Phi) is 4.13. The summed E-state index contributed by atoms with van der Waals surface area (Å²) in [6.45, 7) is 7.56. The summed E-state index contributed by atoms with van der Waals surface area (Å²) in [5.41, 5.74) is 2.16. The van der Waals surface area contributed by atoms with Crippen molar-refractivity contribution in [2.24, 2.45) is 0 Å². The first kappa shape index (κ1) is 14.7. The predicted octanol–water partition coefficient (Wildman–Crippen LogP) is 3.28. The zero-order valence-corrected chi connectivity index (χ0v) is 14.3. The zero-order valence-electron chi connectivity index (χ0n) is 13.3. The van der Waals surface area contributed by atoms with Crippen LogP contribution in [0.15, 0.2) is 18.2 Å². The van der Waals surface area contributed by atoms with E-state index in [-0.39, 0.29) is 0 Å². The Morgan fingerprint density at radius 3 is 2.67 bits per heavy atom. The largest absolute Gasteiger partial charge is 0.356 e. The zero-order chi connectivity index (χ0) is 14.9. The van der Waals surface area contributed by atoms with Gasteiger partial charge in [-0.15, -0.1) is 5.10 Å². The normalized spacial score (nSPS) is 17.5. The molecule has 1 aliphatic rings. The third-order valence-electron chi connectivity index (χ3n) is 4.34. The van der Waals surface area contributed by atoms with Crippen molar-refractivity contribution in [3.05, 3.63) is 18.2 Å². The molecule has 0 saturated heterocycles. The van der Waals surface area contributed by atoms with Crippen molar-refractivity contribution < 1.29 is 4.74 Å². The molecule has 21 heavy (non-hydrogen) atoms. The summed E-state index contributed by atoms with van der Waals surface area (Å²) >= 11 is 0. The van der Waals surface area contributed by atoms with Gasteiger partial charge in [-0.2, -0.15) is 0 Å². The third-order valence-corrected chi connectivity index (χ3v) is 6.36. The molecule has 5 heteroatoms. The van der Waals surface area contributed by atoms with E-state index in [1.165, 1.54) is 37.3 Å². The minimum atomic E-state index is -1.40. The smallest absolute Gasteiger partial charge is 0.142 e. The highest BCUT2D eigenvalue weighted by Gasteiger charge is 2.22. The summed E-state index contributed by atoms with van der Waals surface area (Å²) in [6, 6.07) is 6.43. The Morgan fingerprint density at radius 1 is 1.19 bits per heavy atom. The van der Waals surface area contributed by atoms with Gasteiger partial charge in [0.05, 0.1) is 19.7 Å². The standard InChI is InChI=1S/C16H25N3OSi/c1-21(2,3)15-11-7-10-14-16(15)17-18-19(14)12-20-13-8-5-4-6-9-13/h7,10-11,13H,4-6,8-9,12H2,1-3H3. The van der Waals surface area contributed by atoms with Crippen LogP contribution in [-0.2, 0) is 11.5 Å². The summed E-state index contributed by atoms with van der Waals surface area (Å²) in [4.78, 5) is 0. The maximum atomic E-state index is 6.03. The summed E-state index contributed by atoms with van der Waals surface area (Å²) in [7, 11) is -1.40. The Morgan fingerprint density at radius 2 is 1.95 bits per heavy atom. The second-order valence-electron chi connectivity index (χ2n) is 7.07. The first-order valence-corrected chi connectivity index (χ1v) is 11.5. The highest BCUT2D eigenvalue weighted by Crippen LogP contribution is 2.21. The SMILES string of the molecule is C[Si](C)(C)c1cccc2c1nnn2COC1CCCCC1. The lowest BCUT2D eigenvalue weighted by molar-refractivity contribution is -0.0165. The number of fused-ring (bicyclic) bond motifs is 1. The Balaban J connectivity index is 1.80. The van der Waals surface area contributed by atoms with Gasteiger partial charge in [-0.25, -0.2) is 4.68 Å². The molecule has 0 atom stereocenters. The highest BCUT2D eigenvalue weighted by molar-refractivity contribution is 6.90. The maximum Gasteiger partial charge on any atom is 0.142 e. The Labute approximate surface area is 127 Å². The molecule has 1 heterocycles.